The third kappa shape index (κ3) is 2.87. The molecule has 1 heterocycles. The van der Waals surface area contributed by atoms with Crippen LogP contribution >= 0.6 is 15.9 Å². The minimum Gasteiger partial charge on any atom is -0.464 e. The highest BCUT2D eigenvalue weighted by atomic mass is 79.9. The van der Waals surface area contributed by atoms with Crippen molar-refractivity contribution in [2.75, 3.05) is 7.11 Å². The molecule has 0 atom stereocenters. The summed E-state index contributed by atoms with van der Waals surface area (Å²) >= 11 is 3.36. The lowest BCUT2D eigenvalue weighted by Gasteiger charge is -2.07. The Morgan fingerprint density at radius 3 is 2.90 bits per heavy atom. The molecule has 1 aromatic heterocycles. The number of halogens is 2. The van der Waals surface area contributed by atoms with Gasteiger partial charge in [0.25, 0.3) is 0 Å². The Hall–Kier alpha value is -1.76. The van der Waals surface area contributed by atoms with Crippen LogP contribution in [0.3, 0.4) is 0 Å². The second kappa shape index (κ2) is 6.13. The van der Waals surface area contributed by atoms with E-state index in [4.69, 9.17) is 0 Å². The van der Waals surface area contributed by atoms with Gasteiger partial charge in [0.1, 0.15) is 5.82 Å². The predicted octanol–water partition coefficient (Wildman–Crippen LogP) is 2.58. The number of ether oxygens (including phenoxy) is 1. The van der Waals surface area contributed by atoms with Gasteiger partial charge in [-0.05, 0) is 30.2 Å². The summed E-state index contributed by atoms with van der Waals surface area (Å²) in [6.45, 7) is 2.22. The number of aromatic nitrogens is 3. The first-order chi connectivity index (χ1) is 9.56. The number of benzene rings is 1. The molecule has 0 aliphatic rings. The molecule has 0 bridgehead atoms. The Kier molecular flexibility index (Phi) is 4.49. The Labute approximate surface area is 123 Å². The minimum absolute atomic E-state index is 0.197. The maximum Gasteiger partial charge on any atom is 0.360 e. The lowest BCUT2D eigenvalue weighted by molar-refractivity contribution is 0.0592. The van der Waals surface area contributed by atoms with Gasteiger partial charge in [0, 0.05) is 4.47 Å². The van der Waals surface area contributed by atoms with E-state index in [0.717, 1.165) is 10.0 Å². The molecule has 20 heavy (non-hydrogen) atoms. The summed E-state index contributed by atoms with van der Waals surface area (Å²) in [4.78, 5) is 11.6. The van der Waals surface area contributed by atoms with Gasteiger partial charge in [-0.3, -0.25) is 0 Å². The average Bonchev–Trinajstić information content (AvgIpc) is 2.84. The molecule has 0 spiro atoms. The van der Waals surface area contributed by atoms with Gasteiger partial charge in [0.15, 0.2) is 5.69 Å². The van der Waals surface area contributed by atoms with Crippen molar-refractivity contribution in [1.29, 1.82) is 0 Å². The summed E-state index contributed by atoms with van der Waals surface area (Å²) in [6.07, 6.45) is 0.574. The Morgan fingerprint density at radius 1 is 1.50 bits per heavy atom. The van der Waals surface area contributed by atoms with Crippen LogP contribution in [0.25, 0.3) is 0 Å². The van der Waals surface area contributed by atoms with Gasteiger partial charge in [0.05, 0.1) is 19.3 Å². The molecule has 0 aliphatic carbocycles. The molecule has 0 saturated heterocycles. The molecule has 0 N–H and O–H groups in total. The summed E-state index contributed by atoms with van der Waals surface area (Å²) in [7, 11) is 1.30. The topological polar surface area (TPSA) is 57.0 Å². The van der Waals surface area contributed by atoms with Crippen molar-refractivity contribution < 1.29 is 13.9 Å². The minimum atomic E-state index is -0.522. The first-order valence-electron chi connectivity index (χ1n) is 6.01. The molecule has 0 unspecified atom stereocenters. The quantitative estimate of drug-likeness (QED) is 0.802. The number of methoxy groups -OCH3 is 1. The van der Waals surface area contributed by atoms with Gasteiger partial charge in [0.2, 0.25) is 0 Å². The maximum atomic E-state index is 13.3. The fraction of sp³-hybridized carbons (Fsp3) is 0.308. The number of esters is 1. The molecule has 0 amide bonds. The van der Waals surface area contributed by atoms with Crippen molar-refractivity contribution in [3.05, 3.63) is 45.4 Å². The molecule has 106 valence electrons. The van der Waals surface area contributed by atoms with E-state index in [1.807, 2.05) is 6.92 Å². The molecule has 2 rings (SSSR count). The fourth-order valence-corrected chi connectivity index (χ4v) is 2.26. The van der Waals surface area contributed by atoms with E-state index in [-0.39, 0.29) is 11.5 Å². The van der Waals surface area contributed by atoms with Gasteiger partial charge in [-0.15, -0.1) is 5.10 Å². The lowest BCUT2D eigenvalue weighted by Crippen LogP contribution is -2.10. The van der Waals surface area contributed by atoms with Gasteiger partial charge < -0.3 is 4.74 Å². The van der Waals surface area contributed by atoms with Gasteiger partial charge in [-0.1, -0.05) is 28.1 Å². The Balaban J connectivity index is 2.36. The van der Waals surface area contributed by atoms with Crippen molar-refractivity contribution in [2.24, 2.45) is 0 Å². The molecular weight excluding hydrogens is 329 g/mol. The fourth-order valence-electron chi connectivity index (χ4n) is 1.89. The van der Waals surface area contributed by atoms with Crippen LogP contribution in [0.5, 0.6) is 0 Å². The molecule has 1 aromatic carbocycles. The zero-order valence-electron chi connectivity index (χ0n) is 11.1. The van der Waals surface area contributed by atoms with E-state index in [1.165, 1.54) is 19.2 Å². The molecule has 0 saturated carbocycles. The highest BCUT2D eigenvalue weighted by Gasteiger charge is 2.19. The second-order valence-corrected chi connectivity index (χ2v) is 4.98. The van der Waals surface area contributed by atoms with E-state index in [0.29, 0.717) is 18.7 Å². The third-order valence-corrected chi connectivity index (χ3v) is 3.65. The summed E-state index contributed by atoms with van der Waals surface area (Å²) in [5, 5.41) is 7.78. The van der Waals surface area contributed by atoms with Crippen LogP contribution in [0.4, 0.5) is 4.39 Å². The van der Waals surface area contributed by atoms with Crippen molar-refractivity contribution >= 4 is 21.9 Å². The Bertz CT molecular complexity index is 643. The molecule has 2 aromatic rings. The van der Waals surface area contributed by atoms with E-state index in [2.05, 4.69) is 31.0 Å². The van der Waals surface area contributed by atoms with Crippen molar-refractivity contribution in [3.8, 4) is 0 Å². The van der Waals surface area contributed by atoms with E-state index < -0.39 is 5.97 Å². The van der Waals surface area contributed by atoms with E-state index >= 15 is 0 Å². The van der Waals surface area contributed by atoms with Gasteiger partial charge in [-0.2, -0.15) is 0 Å². The van der Waals surface area contributed by atoms with Crippen molar-refractivity contribution in [1.82, 2.24) is 15.0 Å². The molecule has 0 fully saturated rings. The first-order valence-corrected chi connectivity index (χ1v) is 6.80. The van der Waals surface area contributed by atoms with E-state index in [1.54, 1.807) is 10.7 Å². The highest BCUT2D eigenvalue weighted by molar-refractivity contribution is 9.10. The number of hydrogen-bond acceptors (Lipinski definition) is 4. The summed E-state index contributed by atoms with van der Waals surface area (Å²) in [5.74, 6) is -0.846. The number of carbonyl (C=O) groups is 1. The van der Waals surface area contributed by atoms with Crippen LogP contribution in [0, 0.1) is 5.82 Å². The standard InChI is InChI=1S/C13H13BrFN3O2/c1-3-11-12(13(19)20-2)16-17-18(11)7-8-6-9(15)4-5-10(8)14/h4-6H,3,7H2,1-2H3. The monoisotopic (exact) mass is 341 g/mol. The van der Waals surface area contributed by atoms with Gasteiger partial charge in [-0.25, -0.2) is 13.9 Å². The number of carbonyl (C=O) groups excluding carboxylic acids is 1. The SMILES string of the molecule is CCc1c(C(=O)OC)nnn1Cc1cc(F)ccc1Br. The number of hydrogen-bond donors (Lipinski definition) is 0. The van der Waals surface area contributed by atoms with Crippen LogP contribution < -0.4 is 0 Å². The van der Waals surface area contributed by atoms with Gasteiger partial charge >= 0.3 is 5.97 Å². The summed E-state index contributed by atoms with van der Waals surface area (Å²) in [6, 6.07) is 4.42. The van der Waals surface area contributed by atoms with Crippen molar-refractivity contribution in [2.45, 2.75) is 19.9 Å². The molecule has 0 radical (unpaired) electrons. The maximum absolute atomic E-state index is 13.3. The molecular formula is C13H13BrFN3O2. The van der Waals surface area contributed by atoms with Crippen LogP contribution in [0.1, 0.15) is 28.7 Å². The predicted molar refractivity (Wildman–Crippen MR) is 73.9 cm³/mol. The molecule has 5 nitrogen and oxygen atoms in total. The average molecular weight is 342 g/mol. The highest BCUT2D eigenvalue weighted by Crippen LogP contribution is 2.20. The van der Waals surface area contributed by atoms with E-state index in [9.17, 15) is 9.18 Å². The smallest absolute Gasteiger partial charge is 0.360 e. The molecule has 7 heteroatoms. The van der Waals surface area contributed by atoms with Crippen LogP contribution in [0.15, 0.2) is 22.7 Å². The summed E-state index contributed by atoms with van der Waals surface area (Å²) < 4.78 is 20.3. The lowest BCUT2D eigenvalue weighted by atomic mass is 10.2. The number of nitrogens with zero attached hydrogens (tertiary/aromatic N) is 3. The van der Waals surface area contributed by atoms with Crippen LogP contribution in [-0.2, 0) is 17.7 Å². The van der Waals surface area contributed by atoms with Crippen LogP contribution in [0.2, 0.25) is 0 Å². The zero-order chi connectivity index (χ0) is 14.7. The summed E-state index contributed by atoms with van der Waals surface area (Å²) in [5.41, 5.74) is 1.58. The van der Waals surface area contributed by atoms with Crippen LogP contribution in [-0.4, -0.2) is 28.1 Å². The number of rotatable bonds is 4. The second-order valence-electron chi connectivity index (χ2n) is 4.12. The zero-order valence-corrected chi connectivity index (χ0v) is 12.6. The third-order valence-electron chi connectivity index (χ3n) is 2.88. The molecule has 0 aliphatic heterocycles. The Morgan fingerprint density at radius 2 is 2.25 bits per heavy atom. The van der Waals surface area contributed by atoms with Crippen molar-refractivity contribution in [3.63, 3.8) is 0 Å². The normalized spacial score (nSPS) is 10.6. The largest absolute Gasteiger partial charge is 0.464 e. The first kappa shape index (κ1) is 14.6.